The zero-order valence-electron chi connectivity index (χ0n) is 7.11. The van der Waals surface area contributed by atoms with Gasteiger partial charge in [0.05, 0.1) is 0 Å². The van der Waals surface area contributed by atoms with Gasteiger partial charge in [0.1, 0.15) is 0 Å². The standard InChI is InChI=1S/C4H9.2C2H5.Y/c1-3-4-2;2*1-2;/h1,3-4H2,2H3;2*1H2,2H3;/q3*-1;+3. The smallest absolute Gasteiger partial charge is 0.346 e. The van der Waals surface area contributed by atoms with Crippen LogP contribution in [-0.2, 0) is 32.7 Å². The molecule has 0 N–H and O–H groups in total. The summed E-state index contributed by atoms with van der Waals surface area (Å²) in [5.41, 5.74) is 0. The second kappa shape index (κ2) is 62.1. The molecule has 0 nitrogen and oxygen atoms in total. The summed E-state index contributed by atoms with van der Waals surface area (Å²) >= 11 is 0. The second-order valence-corrected chi connectivity index (χ2v) is 0.854. The van der Waals surface area contributed by atoms with Crippen molar-refractivity contribution in [2.24, 2.45) is 0 Å². The number of rotatable bonds is 1. The van der Waals surface area contributed by atoms with Crippen LogP contribution in [0.5, 0.6) is 0 Å². The number of hydrogen-bond acceptors (Lipinski definition) is 0. The van der Waals surface area contributed by atoms with Gasteiger partial charge in [-0.1, -0.05) is 13.3 Å². The van der Waals surface area contributed by atoms with E-state index < -0.39 is 0 Å². The third-order valence-electron chi connectivity index (χ3n) is 0.354. The van der Waals surface area contributed by atoms with E-state index in [0.29, 0.717) is 0 Å². The molecule has 0 heterocycles. The fraction of sp³-hybridized carbons (Fsp3) is 0.625. The molecule has 0 aromatic heterocycles. The van der Waals surface area contributed by atoms with Crippen LogP contribution in [0.15, 0.2) is 0 Å². The monoisotopic (exact) mass is 204 g/mol. The van der Waals surface area contributed by atoms with Crippen molar-refractivity contribution >= 4 is 0 Å². The molecule has 0 aromatic rings. The van der Waals surface area contributed by atoms with E-state index in [1.54, 1.807) is 13.8 Å². The van der Waals surface area contributed by atoms with Crippen LogP contribution in [0.2, 0.25) is 0 Å². The van der Waals surface area contributed by atoms with E-state index in [1.165, 1.54) is 6.42 Å². The summed E-state index contributed by atoms with van der Waals surface area (Å²) in [6, 6.07) is 0. The first-order valence-electron chi connectivity index (χ1n) is 3.12. The fourth-order valence-corrected chi connectivity index (χ4v) is 0. The third kappa shape index (κ3) is 104. The van der Waals surface area contributed by atoms with Crippen LogP contribution in [0.1, 0.15) is 33.6 Å². The Hall–Kier alpha value is 1.10. The molecule has 0 spiro atoms. The molecule has 0 saturated heterocycles. The molecule has 9 heavy (non-hydrogen) atoms. The zero-order valence-corrected chi connectivity index (χ0v) is 9.95. The molecule has 0 aliphatic rings. The van der Waals surface area contributed by atoms with E-state index in [4.69, 9.17) is 0 Å². The van der Waals surface area contributed by atoms with E-state index in [9.17, 15) is 0 Å². The van der Waals surface area contributed by atoms with Gasteiger partial charge < -0.3 is 20.8 Å². The van der Waals surface area contributed by atoms with Crippen LogP contribution < -0.4 is 0 Å². The molecule has 0 atom stereocenters. The molecule has 0 unspecified atom stereocenters. The average molecular weight is 204 g/mol. The number of hydrogen-bond donors (Lipinski definition) is 0. The predicted octanol–water partition coefficient (Wildman–Crippen LogP) is 3.30. The first-order chi connectivity index (χ1) is 3.91. The van der Waals surface area contributed by atoms with E-state index in [0.717, 1.165) is 6.42 Å². The zero-order chi connectivity index (χ0) is 7.41. The molecule has 0 radical (unpaired) electrons. The van der Waals surface area contributed by atoms with E-state index in [1.807, 2.05) is 0 Å². The van der Waals surface area contributed by atoms with E-state index in [-0.39, 0.29) is 32.7 Å². The van der Waals surface area contributed by atoms with Crippen molar-refractivity contribution in [2.75, 3.05) is 0 Å². The largest absolute Gasteiger partial charge is 3.00 e. The maximum Gasteiger partial charge on any atom is 3.00 e. The fourth-order valence-electron chi connectivity index (χ4n) is 0. The minimum atomic E-state index is 0. The molecule has 0 fully saturated rings. The molecule has 54 valence electrons. The molecule has 0 amide bonds. The summed E-state index contributed by atoms with van der Waals surface area (Å²) in [6.45, 7) is 15.7. The van der Waals surface area contributed by atoms with E-state index in [2.05, 4.69) is 27.7 Å². The van der Waals surface area contributed by atoms with Crippen molar-refractivity contribution in [1.82, 2.24) is 0 Å². The maximum atomic E-state index is 3.60. The summed E-state index contributed by atoms with van der Waals surface area (Å²) in [5, 5.41) is 0. The van der Waals surface area contributed by atoms with Crippen LogP contribution in [0.25, 0.3) is 0 Å². The molecule has 0 aromatic carbocycles. The van der Waals surface area contributed by atoms with Gasteiger partial charge >= 0.3 is 32.7 Å². The van der Waals surface area contributed by atoms with Crippen molar-refractivity contribution in [2.45, 2.75) is 33.6 Å². The number of unbranched alkanes of at least 4 members (excludes halogenated alkanes) is 1. The normalized spacial score (nSPS) is 4.67. The van der Waals surface area contributed by atoms with Crippen molar-refractivity contribution in [3.63, 3.8) is 0 Å². The van der Waals surface area contributed by atoms with Gasteiger partial charge in [-0.2, -0.15) is 20.3 Å². The Bertz CT molecular complexity index is 6.53. The molecular formula is C8H19Y. The summed E-state index contributed by atoms with van der Waals surface area (Å²) in [7, 11) is 0. The first-order valence-corrected chi connectivity index (χ1v) is 3.12. The van der Waals surface area contributed by atoms with Crippen LogP contribution in [0.3, 0.4) is 0 Å². The average Bonchev–Trinajstić information content (AvgIpc) is 1.96. The minimum Gasteiger partial charge on any atom is -0.346 e. The maximum absolute atomic E-state index is 3.60. The van der Waals surface area contributed by atoms with Crippen LogP contribution in [-0.4, -0.2) is 0 Å². The molecule has 1 heteroatoms. The van der Waals surface area contributed by atoms with Crippen LogP contribution in [0.4, 0.5) is 0 Å². The molecular weight excluding hydrogens is 185 g/mol. The second-order valence-electron chi connectivity index (χ2n) is 0.854. The summed E-state index contributed by atoms with van der Waals surface area (Å²) in [5.74, 6) is 0. The van der Waals surface area contributed by atoms with Gasteiger partial charge in [-0.05, 0) is 0 Å². The Morgan fingerprint density at radius 3 is 1.11 bits per heavy atom. The molecule has 0 saturated carbocycles. The van der Waals surface area contributed by atoms with Crippen LogP contribution in [0, 0.1) is 20.8 Å². The Kier molecular flexibility index (Phi) is 155. The van der Waals surface area contributed by atoms with Gasteiger partial charge in [0.25, 0.3) is 0 Å². The van der Waals surface area contributed by atoms with Crippen molar-refractivity contribution in [3.8, 4) is 0 Å². The van der Waals surface area contributed by atoms with Crippen LogP contribution >= 0.6 is 0 Å². The van der Waals surface area contributed by atoms with Crippen molar-refractivity contribution < 1.29 is 32.7 Å². The van der Waals surface area contributed by atoms with Gasteiger partial charge in [-0.15, -0.1) is 0 Å². The van der Waals surface area contributed by atoms with E-state index >= 15 is 0 Å². The quantitative estimate of drug-likeness (QED) is 0.575. The predicted molar refractivity (Wildman–Crippen MR) is 42.3 cm³/mol. The first kappa shape index (κ1) is 22.5. The minimum absolute atomic E-state index is 0. The summed E-state index contributed by atoms with van der Waals surface area (Å²) in [4.78, 5) is 0. The van der Waals surface area contributed by atoms with Gasteiger partial charge in [0.2, 0.25) is 0 Å². The summed E-state index contributed by atoms with van der Waals surface area (Å²) < 4.78 is 0. The Morgan fingerprint density at radius 1 is 1.00 bits per heavy atom. The summed E-state index contributed by atoms with van der Waals surface area (Å²) in [6.07, 6.45) is 2.28. The van der Waals surface area contributed by atoms with Gasteiger partial charge in [0.15, 0.2) is 0 Å². The van der Waals surface area contributed by atoms with Crippen molar-refractivity contribution in [1.29, 1.82) is 0 Å². The Balaban J connectivity index is -0.0000000221. The van der Waals surface area contributed by atoms with Crippen molar-refractivity contribution in [3.05, 3.63) is 20.8 Å². The van der Waals surface area contributed by atoms with Gasteiger partial charge in [-0.25, -0.2) is 0 Å². The molecule has 0 rings (SSSR count). The van der Waals surface area contributed by atoms with Gasteiger partial charge in [0, 0.05) is 0 Å². The molecule has 0 aliphatic heterocycles. The van der Waals surface area contributed by atoms with Gasteiger partial charge in [-0.3, -0.25) is 0 Å². The Labute approximate surface area is 86.7 Å². The topological polar surface area (TPSA) is 0 Å². The molecule has 0 bridgehead atoms. The Morgan fingerprint density at radius 2 is 1.11 bits per heavy atom. The third-order valence-corrected chi connectivity index (χ3v) is 0.354. The SMILES string of the molecule is [CH2-]C.[CH2-]C.[CH2-]CCC.[Y+3]. The molecule has 0 aliphatic carbocycles.